The maximum Gasteiger partial charge on any atom is 0.253 e. The van der Waals surface area contributed by atoms with Crippen LogP contribution in [0.1, 0.15) is 23.2 Å². The highest BCUT2D eigenvalue weighted by Gasteiger charge is 2.27. The number of hydrogen-bond acceptors (Lipinski definition) is 2. The van der Waals surface area contributed by atoms with Crippen LogP contribution in [0.15, 0.2) is 22.7 Å². The molecule has 0 saturated heterocycles. The SMILES string of the molecule is NC1CC(NC(=O)c2cccc(Br)c2Cl)C1. The first-order valence-electron chi connectivity index (χ1n) is 5.08. The summed E-state index contributed by atoms with van der Waals surface area (Å²) < 4.78 is 0.729. The molecule has 0 bridgehead atoms. The van der Waals surface area contributed by atoms with Gasteiger partial charge in [0.25, 0.3) is 5.91 Å². The van der Waals surface area contributed by atoms with Gasteiger partial charge in [-0.25, -0.2) is 0 Å². The monoisotopic (exact) mass is 302 g/mol. The van der Waals surface area contributed by atoms with E-state index in [0.29, 0.717) is 10.6 Å². The van der Waals surface area contributed by atoms with Crippen molar-refractivity contribution in [3.05, 3.63) is 33.3 Å². The van der Waals surface area contributed by atoms with Crippen molar-refractivity contribution in [2.24, 2.45) is 5.73 Å². The summed E-state index contributed by atoms with van der Waals surface area (Å²) in [7, 11) is 0. The molecule has 2 rings (SSSR count). The molecule has 1 saturated carbocycles. The summed E-state index contributed by atoms with van der Waals surface area (Å²) >= 11 is 9.32. The van der Waals surface area contributed by atoms with Crippen molar-refractivity contribution in [3.63, 3.8) is 0 Å². The van der Waals surface area contributed by atoms with Gasteiger partial charge in [-0.2, -0.15) is 0 Å². The van der Waals surface area contributed by atoms with Crippen LogP contribution in [0.25, 0.3) is 0 Å². The van der Waals surface area contributed by atoms with E-state index in [9.17, 15) is 4.79 Å². The summed E-state index contributed by atoms with van der Waals surface area (Å²) in [5.74, 6) is -0.136. The topological polar surface area (TPSA) is 55.1 Å². The minimum Gasteiger partial charge on any atom is -0.349 e. The van der Waals surface area contributed by atoms with Crippen molar-refractivity contribution < 1.29 is 4.79 Å². The Hall–Kier alpha value is -0.580. The molecular formula is C11H12BrClN2O. The predicted octanol–water partition coefficient (Wildman–Crippen LogP) is 2.32. The third-order valence-corrected chi connectivity index (χ3v) is 4.00. The molecule has 1 amide bonds. The smallest absolute Gasteiger partial charge is 0.253 e. The van der Waals surface area contributed by atoms with Gasteiger partial charge in [-0.3, -0.25) is 4.79 Å². The summed E-state index contributed by atoms with van der Waals surface area (Å²) in [6.07, 6.45) is 1.69. The second-order valence-electron chi connectivity index (χ2n) is 4.00. The van der Waals surface area contributed by atoms with Crippen LogP contribution in [0.3, 0.4) is 0 Å². The molecule has 0 atom stereocenters. The van der Waals surface area contributed by atoms with E-state index in [1.165, 1.54) is 0 Å². The summed E-state index contributed by atoms with van der Waals surface area (Å²) in [5, 5.41) is 3.35. The third kappa shape index (κ3) is 2.39. The minimum absolute atomic E-state index is 0.136. The molecule has 5 heteroatoms. The molecule has 0 unspecified atom stereocenters. The first-order valence-corrected chi connectivity index (χ1v) is 6.25. The zero-order chi connectivity index (χ0) is 11.7. The molecule has 1 aromatic rings. The van der Waals surface area contributed by atoms with E-state index in [1.807, 2.05) is 0 Å². The Balaban J connectivity index is 2.06. The van der Waals surface area contributed by atoms with Gasteiger partial charge in [-0.1, -0.05) is 17.7 Å². The fraction of sp³-hybridized carbons (Fsp3) is 0.364. The maximum atomic E-state index is 11.9. The molecule has 1 aliphatic rings. The zero-order valence-electron chi connectivity index (χ0n) is 8.54. The van der Waals surface area contributed by atoms with Crippen molar-refractivity contribution in [2.45, 2.75) is 24.9 Å². The van der Waals surface area contributed by atoms with E-state index >= 15 is 0 Å². The largest absolute Gasteiger partial charge is 0.349 e. The summed E-state index contributed by atoms with van der Waals surface area (Å²) in [4.78, 5) is 11.9. The average molecular weight is 304 g/mol. The van der Waals surface area contributed by atoms with Gasteiger partial charge < -0.3 is 11.1 Å². The Kier molecular flexibility index (Phi) is 3.52. The summed E-state index contributed by atoms with van der Waals surface area (Å²) in [6, 6.07) is 5.72. The van der Waals surface area contributed by atoms with Gasteiger partial charge in [0.2, 0.25) is 0 Å². The van der Waals surface area contributed by atoms with E-state index in [4.69, 9.17) is 17.3 Å². The molecule has 0 radical (unpaired) electrons. The molecule has 1 fully saturated rings. The number of nitrogens with one attached hydrogen (secondary N) is 1. The van der Waals surface area contributed by atoms with Crippen molar-refractivity contribution in [2.75, 3.05) is 0 Å². The molecule has 1 aromatic carbocycles. The Morgan fingerprint density at radius 2 is 2.19 bits per heavy atom. The fourth-order valence-corrected chi connectivity index (χ4v) is 2.30. The van der Waals surface area contributed by atoms with E-state index in [1.54, 1.807) is 18.2 Å². The first-order chi connectivity index (χ1) is 7.58. The number of nitrogens with two attached hydrogens (primary N) is 1. The van der Waals surface area contributed by atoms with Crippen LogP contribution in [-0.4, -0.2) is 18.0 Å². The number of carbonyl (C=O) groups is 1. The molecule has 0 aliphatic heterocycles. The van der Waals surface area contributed by atoms with Gasteiger partial charge in [-0.05, 0) is 40.9 Å². The van der Waals surface area contributed by atoms with Crippen molar-refractivity contribution in [3.8, 4) is 0 Å². The number of carbonyl (C=O) groups excluding carboxylic acids is 1. The third-order valence-electron chi connectivity index (χ3n) is 2.71. The standard InChI is InChI=1S/C11H12BrClN2O/c12-9-3-1-2-8(10(9)13)11(16)15-7-4-6(14)5-7/h1-3,6-7H,4-5,14H2,(H,15,16). The number of rotatable bonds is 2. The maximum absolute atomic E-state index is 11.9. The van der Waals surface area contributed by atoms with Gasteiger partial charge in [0.05, 0.1) is 10.6 Å². The molecule has 86 valence electrons. The van der Waals surface area contributed by atoms with E-state index in [2.05, 4.69) is 21.2 Å². The predicted molar refractivity (Wildman–Crippen MR) is 67.6 cm³/mol. The average Bonchev–Trinajstić information content (AvgIpc) is 2.19. The van der Waals surface area contributed by atoms with Gasteiger partial charge >= 0.3 is 0 Å². The van der Waals surface area contributed by atoms with Crippen LogP contribution in [0.5, 0.6) is 0 Å². The van der Waals surface area contributed by atoms with Crippen LogP contribution in [-0.2, 0) is 0 Å². The van der Waals surface area contributed by atoms with Gasteiger partial charge in [0.15, 0.2) is 0 Å². The Morgan fingerprint density at radius 1 is 1.50 bits per heavy atom. The molecule has 3 N–H and O–H groups in total. The second kappa shape index (κ2) is 4.73. The minimum atomic E-state index is -0.136. The lowest BCUT2D eigenvalue weighted by Gasteiger charge is -2.33. The van der Waals surface area contributed by atoms with Crippen LogP contribution in [0.2, 0.25) is 5.02 Å². The quantitative estimate of drug-likeness (QED) is 0.881. The van der Waals surface area contributed by atoms with Crippen LogP contribution >= 0.6 is 27.5 Å². The molecule has 0 spiro atoms. The van der Waals surface area contributed by atoms with Crippen LogP contribution in [0.4, 0.5) is 0 Å². The lowest BCUT2D eigenvalue weighted by molar-refractivity contribution is 0.0910. The van der Waals surface area contributed by atoms with Gasteiger partial charge in [0, 0.05) is 16.6 Å². The number of hydrogen-bond donors (Lipinski definition) is 2. The van der Waals surface area contributed by atoms with Crippen molar-refractivity contribution >= 4 is 33.4 Å². The Labute approximate surface area is 107 Å². The highest BCUT2D eigenvalue weighted by atomic mass is 79.9. The number of halogens is 2. The molecule has 0 aromatic heterocycles. The Bertz CT molecular complexity index is 418. The van der Waals surface area contributed by atoms with Crippen molar-refractivity contribution in [1.82, 2.24) is 5.32 Å². The molecule has 0 heterocycles. The van der Waals surface area contributed by atoms with E-state index < -0.39 is 0 Å². The number of benzene rings is 1. The first kappa shape index (κ1) is 11.9. The number of amides is 1. The highest BCUT2D eigenvalue weighted by Crippen LogP contribution is 2.26. The second-order valence-corrected chi connectivity index (χ2v) is 5.24. The van der Waals surface area contributed by atoms with E-state index in [0.717, 1.165) is 17.3 Å². The van der Waals surface area contributed by atoms with E-state index in [-0.39, 0.29) is 18.0 Å². The van der Waals surface area contributed by atoms with Gasteiger partial charge in [0.1, 0.15) is 0 Å². The summed E-state index contributed by atoms with van der Waals surface area (Å²) in [6.45, 7) is 0. The fourth-order valence-electron chi connectivity index (χ4n) is 1.72. The zero-order valence-corrected chi connectivity index (χ0v) is 10.9. The molecule has 16 heavy (non-hydrogen) atoms. The van der Waals surface area contributed by atoms with Crippen LogP contribution in [0, 0.1) is 0 Å². The summed E-state index contributed by atoms with van der Waals surface area (Å²) in [5.41, 5.74) is 6.15. The lowest BCUT2D eigenvalue weighted by atomic mass is 9.87. The van der Waals surface area contributed by atoms with Crippen LogP contribution < -0.4 is 11.1 Å². The molecular weight excluding hydrogens is 291 g/mol. The normalized spacial score (nSPS) is 23.7. The Morgan fingerprint density at radius 3 is 2.81 bits per heavy atom. The highest BCUT2D eigenvalue weighted by molar-refractivity contribution is 9.10. The molecule has 1 aliphatic carbocycles. The lowest BCUT2D eigenvalue weighted by Crippen LogP contribution is -2.50. The molecule has 3 nitrogen and oxygen atoms in total. The van der Waals surface area contributed by atoms with Crippen molar-refractivity contribution in [1.29, 1.82) is 0 Å². The van der Waals surface area contributed by atoms with Gasteiger partial charge in [-0.15, -0.1) is 0 Å².